The highest BCUT2D eigenvalue weighted by atomic mass is 35.5. The highest BCUT2D eigenvalue weighted by Gasteiger charge is 2.23. The Kier molecular flexibility index (Phi) is 6.99. The van der Waals surface area contributed by atoms with E-state index in [0.717, 1.165) is 12.0 Å². The molecule has 2 aromatic carbocycles. The molecule has 0 unspecified atom stereocenters. The van der Waals surface area contributed by atoms with Crippen molar-refractivity contribution < 1.29 is 19.1 Å². The molecule has 3 rings (SSSR count). The number of halogens is 1. The SMILES string of the molecule is COc1ccc(C(=O)N2CCCN(C(=O)Cc3cccc(Cl)c3)CC2)cc1OC. The number of amides is 2. The summed E-state index contributed by atoms with van der Waals surface area (Å²) in [5.41, 5.74) is 1.44. The molecule has 6 nitrogen and oxygen atoms in total. The number of rotatable bonds is 5. The maximum absolute atomic E-state index is 12.9. The van der Waals surface area contributed by atoms with Crippen LogP contribution in [0.15, 0.2) is 42.5 Å². The van der Waals surface area contributed by atoms with Crippen molar-refractivity contribution in [3.05, 3.63) is 58.6 Å². The number of nitrogens with zero attached hydrogens (tertiary/aromatic N) is 2. The summed E-state index contributed by atoms with van der Waals surface area (Å²) in [6, 6.07) is 12.5. The number of hydrogen-bond donors (Lipinski definition) is 0. The van der Waals surface area contributed by atoms with Crippen LogP contribution in [0.1, 0.15) is 22.3 Å². The molecule has 1 aliphatic rings. The first-order valence-electron chi connectivity index (χ1n) is 9.55. The Labute approximate surface area is 176 Å². The summed E-state index contributed by atoms with van der Waals surface area (Å²) in [5, 5.41) is 0.623. The average molecular weight is 417 g/mol. The molecule has 1 heterocycles. The number of benzene rings is 2. The predicted molar refractivity (Wildman–Crippen MR) is 112 cm³/mol. The van der Waals surface area contributed by atoms with Gasteiger partial charge < -0.3 is 19.3 Å². The lowest BCUT2D eigenvalue weighted by Crippen LogP contribution is -2.38. The van der Waals surface area contributed by atoms with E-state index in [9.17, 15) is 9.59 Å². The van der Waals surface area contributed by atoms with E-state index in [1.165, 1.54) is 0 Å². The molecule has 2 amide bonds. The summed E-state index contributed by atoms with van der Waals surface area (Å²) in [5.74, 6) is 1.08. The molecule has 0 N–H and O–H groups in total. The summed E-state index contributed by atoms with van der Waals surface area (Å²) >= 11 is 6.01. The standard InChI is InChI=1S/C22H25ClN2O4/c1-28-19-8-7-17(15-20(19)29-2)22(27)25-10-4-9-24(11-12-25)21(26)14-16-5-3-6-18(23)13-16/h3,5-8,13,15H,4,9-12,14H2,1-2H3. The molecule has 0 saturated carbocycles. The van der Waals surface area contributed by atoms with Gasteiger partial charge in [0.25, 0.3) is 5.91 Å². The first kappa shape index (κ1) is 21.0. The fourth-order valence-corrected chi connectivity index (χ4v) is 3.67. The molecule has 29 heavy (non-hydrogen) atoms. The average Bonchev–Trinajstić information content (AvgIpc) is 2.99. The van der Waals surface area contributed by atoms with Crippen molar-refractivity contribution in [1.82, 2.24) is 9.80 Å². The number of carbonyl (C=O) groups is 2. The molecular formula is C22H25ClN2O4. The van der Waals surface area contributed by atoms with E-state index in [1.54, 1.807) is 43.4 Å². The van der Waals surface area contributed by atoms with Crippen LogP contribution in [-0.4, -0.2) is 62.0 Å². The van der Waals surface area contributed by atoms with E-state index in [1.807, 2.05) is 23.1 Å². The van der Waals surface area contributed by atoms with Gasteiger partial charge >= 0.3 is 0 Å². The van der Waals surface area contributed by atoms with Crippen LogP contribution in [0.4, 0.5) is 0 Å². The summed E-state index contributed by atoms with van der Waals surface area (Å²) < 4.78 is 10.5. The third-order valence-electron chi connectivity index (χ3n) is 5.01. The van der Waals surface area contributed by atoms with Gasteiger partial charge in [-0.25, -0.2) is 0 Å². The first-order valence-corrected chi connectivity index (χ1v) is 9.93. The van der Waals surface area contributed by atoms with E-state index in [0.29, 0.717) is 54.7 Å². The molecule has 0 bridgehead atoms. The summed E-state index contributed by atoms with van der Waals surface area (Å²) in [6.07, 6.45) is 1.05. The molecule has 0 aromatic heterocycles. The Hall–Kier alpha value is -2.73. The molecule has 2 aromatic rings. The van der Waals surface area contributed by atoms with Crippen molar-refractivity contribution in [2.24, 2.45) is 0 Å². The fraction of sp³-hybridized carbons (Fsp3) is 0.364. The lowest BCUT2D eigenvalue weighted by molar-refractivity contribution is -0.130. The minimum Gasteiger partial charge on any atom is -0.493 e. The number of methoxy groups -OCH3 is 2. The Bertz CT molecular complexity index is 887. The van der Waals surface area contributed by atoms with Gasteiger partial charge in [0.2, 0.25) is 5.91 Å². The zero-order valence-corrected chi connectivity index (χ0v) is 17.4. The second-order valence-electron chi connectivity index (χ2n) is 6.90. The third kappa shape index (κ3) is 5.21. The van der Waals surface area contributed by atoms with Gasteiger partial charge in [-0.2, -0.15) is 0 Å². The van der Waals surface area contributed by atoms with Crippen molar-refractivity contribution in [3.8, 4) is 11.5 Å². The zero-order valence-electron chi connectivity index (χ0n) is 16.7. The van der Waals surface area contributed by atoms with E-state index >= 15 is 0 Å². The fourth-order valence-electron chi connectivity index (χ4n) is 3.46. The molecule has 0 aliphatic carbocycles. The molecule has 1 fully saturated rings. The van der Waals surface area contributed by atoms with E-state index in [-0.39, 0.29) is 11.8 Å². The highest BCUT2D eigenvalue weighted by Crippen LogP contribution is 2.28. The van der Waals surface area contributed by atoms with Crippen LogP contribution < -0.4 is 9.47 Å². The van der Waals surface area contributed by atoms with Crippen molar-refractivity contribution in [3.63, 3.8) is 0 Å². The van der Waals surface area contributed by atoms with Crippen molar-refractivity contribution in [1.29, 1.82) is 0 Å². The van der Waals surface area contributed by atoms with Crippen molar-refractivity contribution >= 4 is 23.4 Å². The van der Waals surface area contributed by atoms with Crippen LogP contribution in [0.5, 0.6) is 11.5 Å². The van der Waals surface area contributed by atoms with Crippen LogP contribution in [0.25, 0.3) is 0 Å². The van der Waals surface area contributed by atoms with Gasteiger partial charge in [-0.3, -0.25) is 9.59 Å². The Morgan fingerprint density at radius 2 is 1.66 bits per heavy atom. The minimum absolute atomic E-state index is 0.0488. The van der Waals surface area contributed by atoms with Crippen LogP contribution in [0, 0.1) is 0 Å². The molecule has 0 spiro atoms. The maximum Gasteiger partial charge on any atom is 0.254 e. The lowest BCUT2D eigenvalue weighted by atomic mass is 10.1. The van der Waals surface area contributed by atoms with Gasteiger partial charge in [0.1, 0.15) is 0 Å². The molecular weight excluding hydrogens is 392 g/mol. The van der Waals surface area contributed by atoms with E-state index in [4.69, 9.17) is 21.1 Å². The number of carbonyl (C=O) groups excluding carboxylic acids is 2. The second kappa shape index (κ2) is 9.65. The molecule has 7 heteroatoms. The van der Waals surface area contributed by atoms with Crippen LogP contribution in [-0.2, 0) is 11.2 Å². The Morgan fingerprint density at radius 1 is 0.931 bits per heavy atom. The summed E-state index contributed by atoms with van der Waals surface area (Å²) in [6.45, 7) is 2.25. The Morgan fingerprint density at radius 3 is 2.38 bits per heavy atom. The van der Waals surface area contributed by atoms with Crippen LogP contribution in [0.2, 0.25) is 5.02 Å². The van der Waals surface area contributed by atoms with Crippen LogP contribution >= 0.6 is 11.6 Å². The Balaban J connectivity index is 1.63. The van der Waals surface area contributed by atoms with E-state index < -0.39 is 0 Å². The number of hydrogen-bond acceptors (Lipinski definition) is 4. The molecule has 1 aliphatic heterocycles. The maximum atomic E-state index is 12.9. The smallest absolute Gasteiger partial charge is 0.254 e. The van der Waals surface area contributed by atoms with Crippen LogP contribution in [0.3, 0.4) is 0 Å². The van der Waals surface area contributed by atoms with Gasteiger partial charge in [0.05, 0.1) is 20.6 Å². The minimum atomic E-state index is -0.0740. The van der Waals surface area contributed by atoms with Gasteiger partial charge in [-0.05, 0) is 42.3 Å². The van der Waals surface area contributed by atoms with Gasteiger partial charge in [-0.1, -0.05) is 23.7 Å². The molecule has 154 valence electrons. The van der Waals surface area contributed by atoms with Gasteiger partial charge in [-0.15, -0.1) is 0 Å². The van der Waals surface area contributed by atoms with Gasteiger partial charge in [0.15, 0.2) is 11.5 Å². The predicted octanol–water partition coefficient (Wildman–Crippen LogP) is 3.27. The van der Waals surface area contributed by atoms with Gasteiger partial charge in [0, 0.05) is 36.8 Å². The molecule has 0 atom stereocenters. The van der Waals surface area contributed by atoms with E-state index in [2.05, 4.69) is 0 Å². The second-order valence-corrected chi connectivity index (χ2v) is 7.34. The first-order chi connectivity index (χ1) is 14.0. The number of ether oxygens (including phenoxy) is 2. The highest BCUT2D eigenvalue weighted by molar-refractivity contribution is 6.30. The summed E-state index contributed by atoms with van der Waals surface area (Å²) in [4.78, 5) is 29.2. The van der Waals surface area contributed by atoms with Crippen molar-refractivity contribution in [2.75, 3.05) is 40.4 Å². The van der Waals surface area contributed by atoms with Crippen molar-refractivity contribution in [2.45, 2.75) is 12.8 Å². The third-order valence-corrected chi connectivity index (χ3v) is 5.25. The molecule has 0 radical (unpaired) electrons. The quantitative estimate of drug-likeness (QED) is 0.750. The monoisotopic (exact) mass is 416 g/mol. The normalized spacial score (nSPS) is 14.3. The summed E-state index contributed by atoms with van der Waals surface area (Å²) in [7, 11) is 3.10. The molecule has 1 saturated heterocycles. The zero-order chi connectivity index (χ0) is 20.8. The lowest BCUT2D eigenvalue weighted by Gasteiger charge is -2.22. The largest absolute Gasteiger partial charge is 0.493 e. The topological polar surface area (TPSA) is 59.1 Å².